The maximum absolute atomic E-state index is 12.9. The number of amides is 1. The summed E-state index contributed by atoms with van der Waals surface area (Å²) in [6, 6.07) is 11.2. The minimum Gasteiger partial charge on any atom is -0.465 e. The Morgan fingerprint density at radius 2 is 1.84 bits per heavy atom. The molecule has 158 valence electrons. The van der Waals surface area contributed by atoms with E-state index in [1.807, 2.05) is 31.2 Å². The van der Waals surface area contributed by atoms with Crippen molar-refractivity contribution < 1.29 is 9.21 Å². The molecule has 0 atom stereocenters. The molecular weight excluding hydrogens is 398 g/mol. The first-order valence-corrected chi connectivity index (χ1v) is 9.69. The monoisotopic (exact) mass is 419 g/mol. The minimum atomic E-state index is -0.630. The number of furan rings is 1. The summed E-state index contributed by atoms with van der Waals surface area (Å²) >= 11 is 0. The molecule has 0 fully saturated rings. The summed E-state index contributed by atoms with van der Waals surface area (Å²) in [5, 5.41) is 2.81. The van der Waals surface area contributed by atoms with Crippen molar-refractivity contribution in [1.82, 2.24) is 24.4 Å². The average Bonchev–Trinajstić information content (AvgIpc) is 3.19. The van der Waals surface area contributed by atoms with E-state index in [-0.39, 0.29) is 17.6 Å². The van der Waals surface area contributed by atoms with Crippen LogP contribution in [0, 0.1) is 13.8 Å². The highest BCUT2D eigenvalue weighted by Gasteiger charge is 2.16. The number of carbonyl (C=O) groups is 1. The molecule has 1 amide bonds. The first-order chi connectivity index (χ1) is 14.8. The fourth-order valence-electron chi connectivity index (χ4n) is 3.23. The summed E-state index contributed by atoms with van der Waals surface area (Å²) in [6.07, 6.45) is 1.39. The van der Waals surface area contributed by atoms with Gasteiger partial charge in [-0.05, 0) is 26.0 Å². The Labute approximate surface area is 177 Å². The molecule has 4 aromatic rings. The van der Waals surface area contributed by atoms with E-state index < -0.39 is 23.7 Å². The average molecular weight is 419 g/mol. The van der Waals surface area contributed by atoms with Crippen LogP contribution in [0.5, 0.6) is 0 Å². The van der Waals surface area contributed by atoms with Crippen molar-refractivity contribution in [3.63, 3.8) is 0 Å². The Morgan fingerprint density at radius 3 is 2.52 bits per heavy atom. The van der Waals surface area contributed by atoms with E-state index >= 15 is 0 Å². The standard InChI is InChI=1S/C22H21N5O4/c1-13-4-7-15(8-5-13)19-24-11-17-20(25-19)26(3)22(30)27(21(17)29)12-18(28)23-10-16-9-6-14(2)31-16/h4-9,11H,10,12H2,1-3H3,(H,23,28). The van der Waals surface area contributed by atoms with E-state index in [0.29, 0.717) is 11.6 Å². The smallest absolute Gasteiger partial charge is 0.332 e. The maximum atomic E-state index is 12.9. The highest BCUT2D eigenvalue weighted by atomic mass is 16.3. The number of benzene rings is 1. The number of fused-ring (bicyclic) bond motifs is 1. The van der Waals surface area contributed by atoms with Crippen molar-refractivity contribution in [2.45, 2.75) is 26.9 Å². The van der Waals surface area contributed by atoms with Crippen LogP contribution in [0.25, 0.3) is 22.4 Å². The summed E-state index contributed by atoms with van der Waals surface area (Å²) in [5.41, 5.74) is 0.841. The molecule has 3 heterocycles. The molecule has 0 bridgehead atoms. The van der Waals surface area contributed by atoms with Gasteiger partial charge in [-0.3, -0.25) is 18.7 Å². The second kappa shape index (κ2) is 8.02. The number of aryl methyl sites for hydroxylation is 3. The highest BCUT2D eigenvalue weighted by molar-refractivity contribution is 5.78. The number of nitrogens with zero attached hydrogens (tertiary/aromatic N) is 4. The minimum absolute atomic E-state index is 0.160. The molecule has 0 aliphatic rings. The summed E-state index contributed by atoms with van der Waals surface area (Å²) < 4.78 is 7.52. The lowest BCUT2D eigenvalue weighted by molar-refractivity contribution is -0.122. The van der Waals surface area contributed by atoms with Crippen molar-refractivity contribution >= 4 is 16.9 Å². The summed E-state index contributed by atoms with van der Waals surface area (Å²) in [4.78, 5) is 46.7. The van der Waals surface area contributed by atoms with E-state index in [0.717, 1.165) is 21.5 Å². The van der Waals surface area contributed by atoms with Crippen molar-refractivity contribution in [1.29, 1.82) is 0 Å². The molecule has 0 aliphatic carbocycles. The third-order valence-corrected chi connectivity index (χ3v) is 4.95. The lowest BCUT2D eigenvalue weighted by atomic mass is 10.1. The predicted octanol–water partition coefficient (Wildman–Crippen LogP) is 1.68. The Hall–Kier alpha value is -4.01. The molecule has 0 spiro atoms. The molecule has 9 heteroatoms. The third kappa shape index (κ3) is 4.02. The molecule has 4 rings (SSSR count). The molecule has 9 nitrogen and oxygen atoms in total. The van der Waals surface area contributed by atoms with Gasteiger partial charge in [-0.25, -0.2) is 14.8 Å². The Bertz CT molecular complexity index is 1400. The molecule has 0 saturated carbocycles. The molecule has 31 heavy (non-hydrogen) atoms. The fraction of sp³-hybridized carbons (Fsp3) is 0.227. The predicted molar refractivity (Wildman–Crippen MR) is 115 cm³/mol. The van der Waals surface area contributed by atoms with Crippen molar-refractivity contribution in [2.75, 3.05) is 0 Å². The molecule has 0 unspecified atom stereocenters. The van der Waals surface area contributed by atoms with E-state index in [1.165, 1.54) is 17.8 Å². The van der Waals surface area contributed by atoms with E-state index in [2.05, 4.69) is 15.3 Å². The lowest BCUT2D eigenvalue weighted by Crippen LogP contribution is -2.43. The van der Waals surface area contributed by atoms with Crippen molar-refractivity contribution in [2.24, 2.45) is 7.05 Å². The van der Waals surface area contributed by atoms with Crippen LogP contribution < -0.4 is 16.6 Å². The van der Waals surface area contributed by atoms with Crippen LogP contribution in [-0.2, 0) is 24.9 Å². The van der Waals surface area contributed by atoms with Gasteiger partial charge in [0, 0.05) is 18.8 Å². The molecule has 3 aromatic heterocycles. The molecule has 0 radical (unpaired) electrons. The van der Waals surface area contributed by atoms with Gasteiger partial charge in [-0.1, -0.05) is 29.8 Å². The number of carbonyl (C=O) groups excluding carboxylic acids is 1. The van der Waals surface area contributed by atoms with Gasteiger partial charge in [0.1, 0.15) is 23.5 Å². The number of hydrogen-bond acceptors (Lipinski definition) is 6. The van der Waals surface area contributed by atoms with E-state index in [9.17, 15) is 14.4 Å². The van der Waals surface area contributed by atoms with E-state index in [1.54, 1.807) is 19.1 Å². The summed E-state index contributed by atoms with van der Waals surface area (Å²) in [7, 11) is 1.51. The van der Waals surface area contributed by atoms with Crippen LogP contribution in [0.2, 0.25) is 0 Å². The van der Waals surface area contributed by atoms with Crippen LogP contribution in [0.3, 0.4) is 0 Å². The molecular formula is C22H21N5O4. The largest absolute Gasteiger partial charge is 0.465 e. The lowest BCUT2D eigenvalue weighted by Gasteiger charge is -2.11. The van der Waals surface area contributed by atoms with Gasteiger partial charge in [-0.2, -0.15) is 0 Å². The van der Waals surface area contributed by atoms with Crippen LogP contribution in [0.1, 0.15) is 17.1 Å². The SMILES string of the molecule is Cc1ccc(-c2ncc3c(=O)n(CC(=O)NCc4ccc(C)o4)c(=O)n(C)c3n2)cc1. The second-order valence-corrected chi connectivity index (χ2v) is 7.32. The summed E-state index contributed by atoms with van der Waals surface area (Å²) in [6.45, 7) is 3.53. The maximum Gasteiger partial charge on any atom is 0.332 e. The van der Waals surface area contributed by atoms with Gasteiger partial charge in [0.25, 0.3) is 5.56 Å². The number of nitrogens with one attached hydrogen (secondary N) is 1. The molecule has 0 saturated heterocycles. The molecule has 0 aliphatic heterocycles. The first kappa shape index (κ1) is 20.3. The van der Waals surface area contributed by atoms with Gasteiger partial charge < -0.3 is 9.73 Å². The number of aromatic nitrogens is 4. The molecule has 1 N–H and O–H groups in total. The van der Waals surface area contributed by atoms with Gasteiger partial charge in [0.2, 0.25) is 5.91 Å². The zero-order valence-corrected chi connectivity index (χ0v) is 17.4. The first-order valence-electron chi connectivity index (χ1n) is 9.69. The molecule has 1 aromatic carbocycles. The Balaban J connectivity index is 1.65. The van der Waals surface area contributed by atoms with Gasteiger partial charge in [-0.15, -0.1) is 0 Å². The third-order valence-electron chi connectivity index (χ3n) is 4.95. The second-order valence-electron chi connectivity index (χ2n) is 7.32. The quantitative estimate of drug-likeness (QED) is 0.527. The van der Waals surface area contributed by atoms with Gasteiger partial charge in [0.15, 0.2) is 11.5 Å². The van der Waals surface area contributed by atoms with Crippen LogP contribution in [0.4, 0.5) is 0 Å². The summed E-state index contributed by atoms with van der Waals surface area (Å²) in [5.74, 6) is 1.24. The topological polar surface area (TPSA) is 112 Å². The normalized spacial score (nSPS) is 11.1. The van der Waals surface area contributed by atoms with Gasteiger partial charge >= 0.3 is 5.69 Å². The fourth-order valence-corrected chi connectivity index (χ4v) is 3.23. The van der Waals surface area contributed by atoms with Crippen LogP contribution in [0.15, 0.2) is 56.6 Å². The van der Waals surface area contributed by atoms with Crippen molar-refractivity contribution in [3.05, 3.63) is 80.5 Å². The number of hydrogen-bond donors (Lipinski definition) is 1. The van der Waals surface area contributed by atoms with Crippen LogP contribution in [-0.4, -0.2) is 25.0 Å². The Morgan fingerprint density at radius 1 is 1.10 bits per heavy atom. The Kier molecular flexibility index (Phi) is 5.24. The zero-order valence-electron chi connectivity index (χ0n) is 17.4. The zero-order chi connectivity index (χ0) is 22.1. The van der Waals surface area contributed by atoms with E-state index in [4.69, 9.17) is 4.42 Å². The van der Waals surface area contributed by atoms with Crippen molar-refractivity contribution in [3.8, 4) is 11.4 Å². The highest BCUT2D eigenvalue weighted by Crippen LogP contribution is 2.17. The van der Waals surface area contributed by atoms with Crippen LogP contribution >= 0.6 is 0 Å². The number of rotatable bonds is 5. The van der Waals surface area contributed by atoms with Gasteiger partial charge in [0.05, 0.1) is 6.54 Å².